The summed E-state index contributed by atoms with van der Waals surface area (Å²) in [4.78, 5) is 7.75. The minimum Gasteiger partial charge on any atom is -0.545 e. The standard InChI is InChI=1S/3C12H25.CHO.Fe/c3*1-3-5-7-9-11-12-10-8-6-4-2;1-2;/h3*1,3-12H2,2H3;1H;/q4*-1;+4. The number of unbranched alkanes of at least 4 members (excludes halogenated alkanes) is 27. The molecule has 0 aliphatic carbocycles. The van der Waals surface area contributed by atoms with Crippen molar-refractivity contribution in [1.29, 1.82) is 0 Å². The summed E-state index contributed by atoms with van der Waals surface area (Å²) < 4.78 is 0. The molecule has 0 fully saturated rings. The molecule has 0 aliphatic heterocycles. The van der Waals surface area contributed by atoms with Crippen LogP contribution in [-0.4, -0.2) is 6.79 Å². The van der Waals surface area contributed by atoms with Gasteiger partial charge in [0, 0.05) is 0 Å². The van der Waals surface area contributed by atoms with Crippen LogP contribution in [0.5, 0.6) is 0 Å². The molecule has 0 bridgehead atoms. The maximum atomic E-state index is 7.75. The van der Waals surface area contributed by atoms with E-state index in [4.69, 9.17) is 4.79 Å². The first-order valence-corrected chi connectivity index (χ1v) is 17.4. The van der Waals surface area contributed by atoms with Gasteiger partial charge >= 0.3 is 17.1 Å². The van der Waals surface area contributed by atoms with Crippen LogP contribution < -0.4 is 0 Å². The summed E-state index contributed by atoms with van der Waals surface area (Å²) in [6.07, 6.45) is 41.7. The molecule has 0 amide bonds. The van der Waals surface area contributed by atoms with Crippen LogP contribution >= 0.6 is 0 Å². The Balaban J connectivity index is -0.000000142. The third-order valence-corrected chi connectivity index (χ3v) is 7.06. The average Bonchev–Trinajstić information content (AvgIpc) is 2.95. The van der Waals surface area contributed by atoms with Crippen molar-refractivity contribution in [2.45, 2.75) is 213 Å². The molecule has 0 aromatic carbocycles. The molecule has 0 spiro atoms. The molecule has 0 rings (SSSR count). The monoisotopic (exact) mass is 593 g/mol. The molecule has 0 heterocycles. The zero-order valence-electron chi connectivity index (χ0n) is 27.7. The molecule has 0 unspecified atom stereocenters. The molecular formula is C37H76FeO. The summed E-state index contributed by atoms with van der Waals surface area (Å²) in [6, 6.07) is 0. The Morgan fingerprint density at radius 3 is 0.564 bits per heavy atom. The van der Waals surface area contributed by atoms with Gasteiger partial charge in [-0.1, -0.05) is 194 Å². The molecule has 0 radical (unpaired) electrons. The first kappa shape index (κ1) is 48.9. The van der Waals surface area contributed by atoms with E-state index in [0.29, 0.717) is 0 Å². The van der Waals surface area contributed by atoms with E-state index in [1.807, 2.05) is 0 Å². The van der Waals surface area contributed by atoms with Crippen molar-refractivity contribution >= 4 is 6.79 Å². The van der Waals surface area contributed by atoms with Crippen molar-refractivity contribution in [3.63, 3.8) is 0 Å². The maximum Gasteiger partial charge on any atom is 4.00 e. The molecule has 39 heavy (non-hydrogen) atoms. The van der Waals surface area contributed by atoms with Crippen molar-refractivity contribution in [1.82, 2.24) is 0 Å². The van der Waals surface area contributed by atoms with E-state index in [9.17, 15) is 0 Å². The van der Waals surface area contributed by atoms with Crippen molar-refractivity contribution in [3.05, 3.63) is 20.8 Å². The summed E-state index contributed by atoms with van der Waals surface area (Å²) in [5, 5.41) is 0. The smallest absolute Gasteiger partial charge is 0.545 e. The second-order valence-electron chi connectivity index (χ2n) is 11.0. The molecule has 0 aliphatic rings. The number of rotatable bonds is 27. The van der Waals surface area contributed by atoms with E-state index in [-0.39, 0.29) is 17.1 Å². The zero-order valence-corrected chi connectivity index (χ0v) is 28.8. The second-order valence-corrected chi connectivity index (χ2v) is 11.0. The number of hydrogen-bond acceptors (Lipinski definition) is 1. The summed E-state index contributed by atoms with van der Waals surface area (Å²) in [7, 11) is 0. The largest absolute Gasteiger partial charge is 4.00 e. The van der Waals surface area contributed by atoms with E-state index >= 15 is 0 Å². The molecule has 0 aromatic rings. The van der Waals surface area contributed by atoms with Gasteiger partial charge in [0.2, 0.25) is 0 Å². The quantitative estimate of drug-likeness (QED) is 0.0401. The maximum absolute atomic E-state index is 7.75. The average molecular weight is 593 g/mol. The normalized spacial score (nSPS) is 9.79. The Hall–Kier alpha value is 0.189. The SMILES string of the molecule is [CH-]=O.[CH2-]CCCCCCCCCCC.[CH2-]CCCCCCCCCCC.[CH2-]CCCCCCCCCCC.[Fe+4]. The van der Waals surface area contributed by atoms with Gasteiger partial charge in [-0.3, -0.25) is 6.79 Å². The van der Waals surface area contributed by atoms with Crippen LogP contribution in [0.1, 0.15) is 213 Å². The van der Waals surface area contributed by atoms with Crippen LogP contribution in [0.4, 0.5) is 0 Å². The van der Waals surface area contributed by atoms with Crippen molar-refractivity contribution < 1.29 is 21.9 Å². The van der Waals surface area contributed by atoms with Crippen LogP contribution in [0.2, 0.25) is 0 Å². The van der Waals surface area contributed by atoms with Crippen LogP contribution in [0.3, 0.4) is 0 Å². The van der Waals surface area contributed by atoms with Gasteiger partial charge in [-0.15, -0.1) is 0 Å². The molecule has 0 atom stereocenters. The molecule has 1 nitrogen and oxygen atoms in total. The third-order valence-electron chi connectivity index (χ3n) is 7.06. The van der Waals surface area contributed by atoms with Crippen molar-refractivity contribution in [2.75, 3.05) is 0 Å². The Kier molecular flexibility index (Phi) is 72.7. The van der Waals surface area contributed by atoms with E-state index in [0.717, 1.165) is 19.3 Å². The van der Waals surface area contributed by atoms with Gasteiger partial charge < -0.3 is 25.6 Å². The van der Waals surface area contributed by atoms with E-state index < -0.39 is 0 Å². The summed E-state index contributed by atoms with van der Waals surface area (Å²) in [5.41, 5.74) is 0. The third kappa shape index (κ3) is 67.7. The van der Waals surface area contributed by atoms with E-state index in [1.54, 1.807) is 0 Å². The van der Waals surface area contributed by atoms with Crippen LogP contribution in [-0.2, 0) is 21.9 Å². The predicted octanol–water partition coefficient (Wildman–Crippen LogP) is 13.9. The fourth-order valence-corrected chi connectivity index (χ4v) is 4.46. The fraction of sp³-hybridized carbons (Fsp3) is 0.892. The molecule has 0 N–H and O–H groups in total. The van der Waals surface area contributed by atoms with Gasteiger partial charge in [0.25, 0.3) is 0 Å². The summed E-state index contributed by atoms with van der Waals surface area (Å²) >= 11 is 0. The molecule has 238 valence electrons. The molecule has 0 aromatic heterocycles. The summed E-state index contributed by atoms with van der Waals surface area (Å²) in [6.45, 7) is 21.6. The van der Waals surface area contributed by atoms with E-state index in [2.05, 4.69) is 48.3 Å². The molecule has 2 heteroatoms. The van der Waals surface area contributed by atoms with Gasteiger partial charge in [-0.2, -0.15) is 19.3 Å². The fourth-order valence-electron chi connectivity index (χ4n) is 4.46. The number of hydrogen-bond donors (Lipinski definition) is 0. The van der Waals surface area contributed by atoms with Gasteiger partial charge in [-0.25, -0.2) is 0 Å². The Labute approximate surface area is 262 Å². The van der Waals surface area contributed by atoms with Crippen molar-refractivity contribution in [3.8, 4) is 0 Å². The summed E-state index contributed by atoms with van der Waals surface area (Å²) in [5.74, 6) is 0. The minimum absolute atomic E-state index is 0. The van der Waals surface area contributed by atoms with Crippen molar-refractivity contribution in [2.24, 2.45) is 0 Å². The Morgan fingerprint density at radius 2 is 0.436 bits per heavy atom. The number of carbonyl (C=O) groups excluding carboxylic acids is 1. The minimum atomic E-state index is 0. The molecule has 0 saturated carbocycles. The van der Waals surface area contributed by atoms with Crippen LogP contribution in [0.15, 0.2) is 0 Å². The predicted molar refractivity (Wildman–Crippen MR) is 178 cm³/mol. The second kappa shape index (κ2) is 58.0. The van der Waals surface area contributed by atoms with Gasteiger partial charge in [-0.05, 0) is 0 Å². The zero-order chi connectivity index (χ0) is 29.2. The Bertz CT molecular complexity index is 243. The van der Waals surface area contributed by atoms with Gasteiger partial charge in [0.1, 0.15) is 0 Å². The first-order valence-electron chi connectivity index (χ1n) is 17.4. The van der Waals surface area contributed by atoms with Gasteiger partial charge in [0.15, 0.2) is 0 Å². The molecule has 0 saturated heterocycles. The van der Waals surface area contributed by atoms with Crippen LogP contribution in [0.25, 0.3) is 0 Å². The Morgan fingerprint density at radius 1 is 0.308 bits per heavy atom. The van der Waals surface area contributed by atoms with Gasteiger partial charge in [0.05, 0.1) is 0 Å². The molecular weight excluding hydrogens is 516 g/mol. The first-order chi connectivity index (χ1) is 18.7. The van der Waals surface area contributed by atoms with E-state index in [1.165, 1.54) is 173 Å². The van der Waals surface area contributed by atoms with Crippen LogP contribution in [0, 0.1) is 20.8 Å². The topological polar surface area (TPSA) is 17.1 Å².